The first kappa shape index (κ1) is 12.8. The quantitative estimate of drug-likeness (QED) is 0.609. The number of ketones is 1. The highest BCUT2D eigenvalue weighted by Gasteiger charge is 2.19. The third-order valence-corrected chi connectivity index (χ3v) is 3.72. The highest BCUT2D eigenvalue weighted by molar-refractivity contribution is 7.14. The molecule has 0 saturated carbocycles. The van der Waals surface area contributed by atoms with Crippen LogP contribution in [0.4, 0.5) is 13.2 Å². The maximum Gasteiger partial charge on any atom is 0.206 e. The van der Waals surface area contributed by atoms with Crippen LogP contribution in [-0.4, -0.2) is 5.78 Å². The standard InChI is InChI=1S/C13H9F3OS/c1-2-7-3-4-12(18-7)13(17)8-5-10(15)11(16)6-9(8)14/h3-6H,2H2,1H3. The Kier molecular flexibility index (Phi) is 3.52. The molecule has 0 N–H and O–H groups in total. The minimum Gasteiger partial charge on any atom is -0.288 e. The van der Waals surface area contributed by atoms with E-state index in [4.69, 9.17) is 0 Å². The Bertz CT molecular complexity index is 604. The van der Waals surface area contributed by atoms with Crippen molar-refractivity contribution in [2.45, 2.75) is 13.3 Å². The molecule has 2 rings (SSSR count). The van der Waals surface area contributed by atoms with Gasteiger partial charge in [0, 0.05) is 10.9 Å². The van der Waals surface area contributed by atoms with Crippen LogP contribution in [0.15, 0.2) is 24.3 Å². The summed E-state index contributed by atoms with van der Waals surface area (Å²) in [5, 5.41) is 0. The van der Waals surface area contributed by atoms with Crippen LogP contribution in [0.2, 0.25) is 0 Å². The Labute approximate surface area is 106 Å². The minimum absolute atomic E-state index is 0.316. The second-order valence-electron chi connectivity index (χ2n) is 3.69. The summed E-state index contributed by atoms with van der Waals surface area (Å²) in [4.78, 5) is 13.2. The van der Waals surface area contributed by atoms with Gasteiger partial charge >= 0.3 is 0 Å². The molecular formula is C13H9F3OS. The lowest BCUT2D eigenvalue weighted by atomic mass is 10.1. The maximum absolute atomic E-state index is 13.4. The van der Waals surface area contributed by atoms with Gasteiger partial charge in [-0.2, -0.15) is 0 Å². The first-order chi connectivity index (χ1) is 8.52. The van der Waals surface area contributed by atoms with Crippen molar-refractivity contribution in [3.63, 3.8) is 0 Å². The molecule has 1 nitrogen and oxygen atoms in total. The summed E-state index contributed by atoms with van der Waals surface area (Å²) in [5.41, 5.74) is -0.446. The zero-order valence-electron chi connectivity index (χ0n) is 9.47. The van der Waals surface area contributed by atoms with Crippen molar-refractivity contribution in [3.05, 3.63) is 57.0 Å². The number of thiophene rings is 1. The summed E-state index contributed by atoms with van der Waals surface area (Å²) >= 11 is 1.22. The topological polar surface area (TPSA) is 17.1 Å². The molecule has 0 unspecified atom stereocenters. The average Bonchev–Trinajstić information content (AvgIpc) is 2.81. The number of hydrogen-bond acceptors (Lipinski definition) is 2. The fraction of sp³-hybridized carbons (Fsp3) is 0.154. The van der Waals surface area contributed by atoms with Crippen LogP contribution >= 0.6 is 11.3 Å². The molecule has 0 aliphatic heterocycles. The smallest absolute Gasteiger partial charge is 0.206 e. The average molecular weight is 270 g/mol. The largest absolute Gasteiger partial charge is 0.288 e. The fourth-order valence-corrected chi connectivity index (χ4v) is 2.42. The van der Waals surface area contributed by atoms with Gasteiger partial charge in [-0.1, -0.05) is 6.92 Å². The minimum atomic E-state index is -1.30. The maximum atomic E-state index is 13.4. The molecule has 0 spiro atoms. The van der Waals surface area contributed by atoms with Crippen molar-refractivity contribution in [1.82, 2.24) is 0 Å². The Morgan fingerprint density at radius 3 is 2.39 bits per heavy atom. The number of carbonyl (C=O) groups excluding carboxylic acids is 1. The molecule has 0 saturated heterocycles. The normalized spacial score (nSPS) is 10.7. The van der Waals surface area contributed by atoms with Crippen molar-refractivity contribution >= 4 is 17.1 Å². The van der Waals surface area contributed by atoms with Gasteiger partial charge in [-0.05, 0) is 24.6 Å². The van der Waals surface area contributed by atoms with Crippen LogP contribution in [0.3, 0.4) is 0 Å². The fourth-order valence-electron chi connectivity index (χ4n) is 1.52. The molecule has 1 aromatic heterocycles. The van der Waals surface area contributed by atoms with Gasteiger partial charge in [0.25, 0.3) is 0 Å². The predicted molar refractivity (Wildman–Crippen MR) is 63.4 cm³/mol. The molecule has 94 valence electrons. The Hall–Kier alpha value is -1.62. The van der Waals surface area contributed by atoms with Gasteiger partial charge in [0.05, 0.1) is 10.4 Å². The number of aryl methyl sites for hydroxylation is 1. The first-order valence-electron chi connectivity index (χ1n) is 5.31. The van der Waals surface area contributed by atoms with Crippen LogP contribution < -0.4 is 0 Å². The van der Waals surface area contributed by atoms with Gasteiger partial charge in [-0.25, -0.2) is 13.2 Å². The predicted octanol–water partition coefficient (Wildman–Crippen LogP) is 3.96. The van der Waals surface area contributed by atoms with Crippen LogP contribution in [0, 0.1) is 17.5 Å². The van der Waals surface area contributed by atoms with Crippen LogP contribution in [0.25, 0.3) is 0 Å². The molecule has 5 heteroatoms. The van der Waals surface area contributed by atoms with Gasteiger partial charge in [0.1, 0.15) is 5.82 Å². The molecule has 2 aromatic rings. The summed E-state index contributed by atoms with van der Waals surface area (Å²) in [6.45, 7) is 1.93. The number of hydrogen-bond donors (Lipinski definition) is 0. The van der Waals surface area contributed by atoms with E-state index in [1.807, 2.05) is 6.92 Å². The molecule has 1 heterocycles. The van der Waals surface area contributed by atoms with Crippen molar-refractivity contribution < 1.29 is 18.0 Å². The third-order valence-electron chi connectivity index (χ3n) is 2.49. The summed E-state index contributed by atoms with van der Waals surface area (Å²) in [5.74, 6) is -4.21. The van der Waals surface area contributed by atoms with E-state index < -0.39 is 28.8 Å². The molecule has 0 fully saturated rings. The van der Waals surface area contributed by atoms with Crippen molar-refractivity contribution in [3.8, 4) is 0 Å². The van der Waals surface area contributed by atoms with Crippen molar-refractivity contribution in [1.29, 1.82) is 0 Å². The van der Waals surface area contributed by atoms with Gasteiger partial charge in [-0.3, -0.25) is 4.79 Å². The molecule has 0 radical (unpaired) electrons. The lowest BCUT2D eigenvalue weighted by molar-refractivity contribution is 0.103. The number of benzene rings is 1. The van der Waals surface area contributed by atoms with Crippen molar-refractivity contribution in [2.75, 3.05) is 0 Å². The van der Waals surface area contributed by atoms with Crippen molar-refractivity contribution in [2.24, 2.45) is 0 Å². The molecular weight excluding hydrogens is 261 g/mol. The van der Waals surface area contributed by atoms with E-state index in [-0.39, 0.29) is 0 Å². The monoisotopic (exact) mass is 270 g/mol. The molecule has 1 aromatic carbocycles. The van der Waals surface area contributed by atoms with E-state index in [9.17, 15) is 18.0 Å². The zero-order valence-corrected chi connectivity index (χ0v) is 10.3. The van der Waals surface area contributed by atoms with Crippen LogP contribution in [0.5, 0.6) is 0 Å². The van der Waals surface area contributed by atoms with Gasteiger partial charge in [0.2, 0.25) is 5.78 Å². The van der Waals surface area contributed by atoms with E-state index >= 15 is 0 Å². The molecule has 0 amide bonds. The highest BCUT2D eigenvalue weighted by atomic mass is 32.1. The summed E-state index contributed by atoms with van der Waals surface area (Å²) < 4.78 is 39.2. The lowest BCUT2D eigenvalue weighted by Gasteiger charge is -2.01. The van der Waals surface area contributed by atoms with E-state index in [0.717, 1.165) is 11.3 Å². The van der Waals surface area contributed by atoms with E-state index in [1.54, 1.807) is 12.1 Å². The van der Waals surface area contributed by atoms with Crippen LogP contribution in [0.1, 0.15) is 27.0 Å². The molecule has 0 atom stereocenters. The lowest BCUT2D eigenvalue weighted by Crippen LogP contribution is -2.04. The number of carbonyl (C=O) groups is 1. The zero-order chi connectivity index (χ0) is 13.3. The van der Waals surface area contributed by atoms with E-state index in [1.165, 1.54) is 11.3 Å². The van der Waals surface area contributed by atoms with Gasteiger partial charge < -0.3 is 0 Å². The third kappa shape index (κ3) is 2.31. The first-order valence-corrected chi connectivity index (χ1v) is 6.12. The SMILES string of the molecule is CCc1ccc(C(=O)c2cc(F)c(F)cc2F)s1. The van der Waals surface area contributed by atoms with Gasteiger partial charge in [-0.15, -0.1) is 11.3 Å². The Balaban J connectivity index is 2.42. The summed E-state index contributed by atoms with van der Waals surface area (Å²) in [6.07, 6.45) is 0.762. The molecule has 0 aliphatic rings. The Morgan fingerprint density at radius 2 is 1.78 bits per heavy atom. The van der Waals surface area contributed by atoms with E-state index in [0.29, 0.717) is 17.0 Å². The second kappa shape index (κ2) is 4.94. The summed E-state index contributed by atoms with van der Waals surface area (Å²) in [7, 11) is 0. The van der Waals surface area contributed by atoms with Crippen LogP contribution in [-0.2, 0) is 6.42 Å². The highest BCUT2D eigenvalue weighted by Crippen LogP contribution is 2.23. The van der Waals surface area contributed by atoms with E-state index in [2.05, 4.69) is 0 Å². The van der Waals surface area contributed by atoms with Gasteiger partial charge in [0.15, 0.2) is 11.6 Å². The molecule has 0 aliphatic carbocycles. The summed E-state index contributed by atoms with van der Waals surface area (Å²) in [6, 6.07) is 4.30. The number of halogens is 3. The number of rotatable bonds is 3. The molecule has 18 heavy (non-hydrogen) atoms. The second-order valence-corrected chi connectivity index (χ2v) is 4.86. The Morgan fingerprint density at radius 1 is 1.11 bits per heavy atom. The molecule has 0 bridgehead atoms.